The molecule has 1 aromatic carbocycles. The van der Waals surface area contributed by atoms with Gasteiger partial charge in [-0.2, -0.15) is 0 Å². The van der Waals surface area contributed by atoms with Crippen molar-refractivity contribution in [1.29, 1.82) is 0 Å². The molecule has 0 aliphatic rings. The van der Waals surface area contributed by atoms with E-state index in [-0.39, 0.29) is 18.0 Å². The van der Waals surface area contributed by atoms with Gasteiger partial charge < -0.3 is 9.47 Å². The third-order valence-corrected chi connectivity index (χ3v) is 3.37. The van der Waals surface area contributed by atoms with Gasteiger partial charge in [-0.1, -0.05) is 37.6 Å². The van der Waals surface area contributed by atoms with Gasteiger partial charge in [0.1, 0.15) is 11.9 Å². The maximum atomic E-state index is 11.7. The number of rotatable bonds is 6. The van der Waals surface area contributed by atoms with Gasteiger partial charge in [0.05, 0.1) is 12.2 Å². The molecule has 0 unspecified atom stereocenters. The highest BCUT2D eigenvalue weighted by Gasteiger charge is 2.13. The number of carbonyl (C=O) groups excluding carboxylic acids is 1. The van der Waals surface area contributed by atoms with Crippen LogP contribution in [0.3, 0.4) is 0 Å². The summed E-state index contributed by atoms with van der Waals surface area (Å²) in [4.78, 5) is 11.7. The first-order valence-corrected chi connectivity index (χ1v) is 7.69. The van der Waals surface area contributed by atoms with Crippen LogP contribution in [-0.2, 0) is 14.3 Å². The Labute approximate surface area is 137 Å². The topological polar surface area (TPSA) is 35.5 Å². The highest BCUT2D eigenvalue weighted by molar-refractivity contribution is 6.30. The average molecular weight is 323 g/mol. The molecule has 0 aliphatic heterocycles. The lowest BCUT2D eigenvalue weighted by molar-refractivity contribution is -0.142. The van der Waals surface area contributed by atoms with Gasteiger partial charge in [-0.25, -0.2) is 0 Å². The number of carbonyl (C=O) groups is 1. The summed E-state index contributed by atoms with van der Waals surface area (Å²) in [7, 11) is 0. The summed E-state index contributed by atoms with van der Waals surface area (Å²) in [6, 6.07) is 7.50. The minimum Gasteiger partial charge on any atom is -0.493 e. The summed E-state index contributed by atoms with van der Waals surface area (Å²) in [5, 5.41) is 0.694. The van der Waals surface area contributed by atoms with Crippen LogP contribution in [0, 0.1) is 5.92 Å². The van der Waals surface area contributed by atoms with E-state index >= 15 is 0 Å². The van der Waals surface area contributed by atoms with Crippen molar-refractivity contribution in [1.82, 2.24) is 0 Å². The minimum atomic E-state index is -0.258. The summed E-state index contributed by atoms with van der Waals surface area (Å²) in [6.07, 6.45) is 3.25. The van der Waals surface area contributed by atoms with E-state index in [2.05, 4.69) is 0 Å². The van der Waals surface area contributed by atoms with Crippen molar-refractivity contribution in [2.24, 2.45) is 5.92 Å². The molecule has 0 saturated heterocycles. The molecule has 0 aromatic heterocycles. The molecule has 3 nitrogen and oxygen atoms in total. The third kappa shape index (κ3) is 5.57. The number of halogens is 1. The summed E-state index contributed by atoms with van der Waals surface area (Å²) < 4.78 is 11.1. The molecule has 0 saturated carbocycles. The van der Waals surface area contributed by atoms with Crippen LogP contribution in [0.4, 0.5) is 0 Å². The smallest absolute Gasteiger partial charge is 0.313 e. The van der Waals surface area contributed by atoms with Gasteiger partial charge in [0.25, 0.3) is 0 Å². The van der Waals surface area contributed by atoms with Gasteiger partial charge in [-0.3, -0.25) is 4.79 Å². The third-order valence-electron chi connectivity index (χ3n) is 3.12. The number of ether oxygens (including phenoxy) is 2. The molecule has 0 aliphatic carbocycles. The van der Waals surface area contributed by atoms with Crippen LogP contribution >= 0.6 is 11.6 Å². The fourth-order valence-corrected chi connectivity index (χ4v) is 1.79. The van der Waals surface area contributed by atoms with Crippen molar-refractivity contribution in [2.75, 3.05) is 0 Å². The molecule has 0 fully saturated rings. The first-order valence-electron chi connectivity index (χ1n) is 7.31. The molecular formula is C18H23ClO3. The molecule has 1 atom stereocenters. The first-order chi connectivity index (χ1) is 10.3. The molecule has 22 heavy (non-hydrogen) atoms. The SMILES string of the molecule is C/C=C(OC(=O)C(C)C)/C(C)=C/O[C@H](C)c1ccc(Cl)cc1. The number of benzene rings is 1. The Bertz CT molecular complexity index is 556. The van der Waals surface area contributed by atoms with Crippen molar-refractivity contribution >= 4 is 17.6 Å². The largest absolute Gasteiger partial charge is 0.493 e. The van der Waals surface area contributed by atoms with E-state index in [9.17, 15) is 4.79 Å². The zero-order valence-corrected chi connectivity index (χ0v) is 14.5. The second-order valence-electron chi connectivity index (χ2n) is 5.36. The van der Waals surface area contributed by atoms with Gasteiger partial charge in [-0.15, -0.1) is 0 Å². The van der Waals surface area contributed by atoms with E-state index < -0.39 is 0 Å². The predicted octanol–water partition coefficient (Wildman–Crippen LogP) is 5.42. The van der Waals surface area contributed by atoms with Gasteiger partial charge in [0, 0.05) is 10.6 Å². The molecule has 1 aromatic rings. The maximum Gasteiger partial charge on any atom is 0.313 e. The number of allylic oxidation sites excluding steroid dienone is 2. The van der Waals surface area contributed by atoms with Crippen LogP contribution in [0.5, 0.6) is 0 Å². The molecule has 0 N–H and O–H groups in total. The molecule has 0 radical (unpaired) electrons. The molecule has 0 heterocycles. The monoisotopic (exact) mass is 322 g/mol. The van der Waals surface area contributed by atoms with Crippen molar-refractivity contribution < 1.29 is 14.3 Å². The van der Waals surface area contributed by atoms with E-state index in [4.69, 9.17) is 21.1 Å². The molecule has 0 spiro atoms. The summed E-state index contributed by atoms with van der Waals surface area (Å²) >= 11 is 5.87. The van der Waals surface area contributed by atoms with Crippen molar-refractivity contribution in [3.8, 4) is 0 Å². The highest BCUT2D eigenvalue weighted by atomic mass is 35.5. The molecule has 120 valence electrons. The minimum absolute atomic E-state index is 0.119. The quantitative estimate of drug-likeness (QED) is 0.398. The van der Waals surface area contributed by atoms with Gasteiger partial charge >= 0.3 is 5.97 Å². The van der Waals surface area contributed by atoms with Crippen LogP contribution in [0.1, 0.15) is 46.3 Å². The maximum absolute atomic E-state index is 11.7. The van der Waals surface area contributed by atoms with Crippen LogP contribution in [-0.4, -0.2) is 5.97 Å². The number of hydrogen-bond donors (Lipinski definition) is 0. The van der Waals surface area contributed by atoms with Crippen LogP contribution in [0.15, 0.2) is 47.9 Å². The Hall–Kier alpha value is -1.74. The lowest BCUT2D eigenvalue weighted by atomic mass is 10.1. The van der Waals surface area contributed by atoms with E-state index in [0.717, 1.165) is 11.1 Å². The lowest BCUT2D eigenvalue weighted by Crippen LogP contribution is -2.12. The second-order valence-corrected chi connectivity index (χ2v) is 5.80. The van der Waals surface area contributed by atoms with Crippen molar-refractivity contribution in [2.45, 2.75) is 40.7 Å². The zero-order chi connectivity index (χ0) is 16.7. The normalized spacial score (nSPS) is 14.0. The molecule has 4 heteroatoms. The van der Waals surface area contributed by atoms with Crippen LogP contribution in [0.2, 0.25) is 5.02 Å². The second kappa shape index (κ2) is 8.64. The lowest BCUT2D eigenvalue weighted by Gasteiger charge is -2.14. The zero-order valence-electron chi connectivity index (χ0n) is 13.7. The fraction of sp³-hybridized carbons (Fsp3) is 0.389. The molecular weight excluding hydrogens is 300 g/mol. The van der Waals surface area contributed by atoms with Crippen LogP contribution < -0.4 is 0 Å². The van der Waals surface area contributed by atoms with Crippen LogP contribution in [0.25, 0.3) is 0 Å². The molecule has 0 amide bonds. The van der Waals surface area contributed by atoms with Crippen molar-refractivity contribution in [3.05, 3.63) is 58.5 Å². The van der Waals surface area contributed by atoms with Gasteiger partial charge in [0.15, 0.2) is 0 Å². The molecule has 0 bridgehead atoms. The Morgan fingerprint density at radius 1 is 1.18 bits per heavy atom. The molecule has 1 rings (SSSR count). The number of esters is 1. The Morgan fingerprint density at radius 3 is 2.27 bits per heavy atom. The highest BCUT2D eigenvalue weighted by Crippen LogP contribution is 2.21. The van der Waals surface area contributed by atoms with Crippen molar-refractivity contribution in [3.63, 3.8) is 0 Å². The van der Waals surface area contributed by atoms with E-state index in [1.165, 1.54) is 0 Å². The Kier molecular flexibility index (Phi) is 7.19. The van der Waals surface area contributed by atoms with Gasteiger partial charge in [-0.05, 0) is 44.5 Å². The standard InChI is InChI=1S/C18H23ClO3/c1-6-17(22-18(20)12(2)3)13(4)11-21-14(5)15-7-9-16(19)10-8-15/h6-12,14H,1-5H3/b13-11+,17-6-/t14-/m1/s1. The average Bonchev–Trinajstić information content (AvgIpc) is 2.50. The summed E-state index contributed by atoms with van der Waals surface area (Å²) in [6.45, 7) is 9.21. The van der Waals surface area contributed by atoms with Gasteiger partial charge in [0.2, 0.25) is 0 Å². The summed E-state index contributed by atoms with van der Waals surface area (Å²) in [5.74, 6) is 0.0882. The van der Waals surface area contributed by atoms with E-state index in [0.29, 0.717) is 10.8 Å². The number of hydrogen-bond acceptors (Lipinski definition) is 3. The summed E-state index contributed by atoms with van der Waals surface area (Å²) in [5.41, 5.74) is 1.78. The van der Waals surface area contributed by atoms with E-state index in [1.54, 1.807) is 26.2 Å². The van der Waals surface area contributed by atoms with E-state index in [1.807, 2.05) is 45.0 Å². The Balaban J connectivity index is 2.70. The first kappa shape index (κ1) is 18.3. The Morgan fingerprint density at radius 2 is 1.77 bits per heavy atom. The predicted molar refractivity (Wildman–Crippen MR) is 89.4 cm³/mol. The fourth-order valence-electron chi connectivity index (χ4n) is 1.67.